The van der Waals surface area contributed by atoms with Gasteiger partial charge in [0.1, 0.15) is 29.8 Å². The van der Waals surface area contributed by atoms with Crippen molar-refractivity contribution in [3.8, 4) is 11.8 Å². The molecule has 0 fully saturated rings. The Hall–Kier alpha value is -2.84. The van der Waals surface area contributed by atoms with Gasteiger partial charge in [-0.3, -0.25) is 0 Å². The quantitative estimate of drug-likeness (QED) is 0.391. The second-order valence-corrected chi connectivity index (χ2v) is 6.30. The first-order chi connectivity index (χ1) is 12.8. The van der Waals surface area contributed by atoms with Gasteiger partial charge in [0, 0.05) is 0 Å². The summed E-state index contributed by atoms with van der Waals surface area (Å²) in [7, 11) is 0. The molecule has 0 aromatic heterocycles. The summed E-state index contributed by atoms with van der Waals surface area (Å²) in [5, 5.41) is 9.42. The van der Waals surface area contributed by atoms with Gasteiger partial charge in [0.2, 0.25) is 0 Å². The molecule has 0 spiro atoms. The maximum atomic E-state index is 13.1. The summed E-state index contributed by atoms with van der Waals surface area (Å²) in [6.45, 7) is 5.86. The zero-order valence-electron chi connectivity index (χ0n) is 15.3. The highest BCUT2D eigenvalue weighted by Crippen LogP contribution is 2.27. The van der Waals surface area contributed by atoms with E-state index in [4.69, 9.17) is 21.1 Å². The van der Waals surface area contributed by atoms with Gasteiger partial charge in [0.15, 0.2) is 0 Å². The van der Waals surface area contributed by atoms with Crippen molar-refractivity contribution in [2.75, 3.05) is 6.61 Å². The van der Waals surface area contributed by atoms with E-state index in [1.54, 1.807) is 6.92 Å². The molecular formula is C21H19ClFNO3. The maximum absolute atomic E-state index is 13.1. The Labute approximate surface area is 162 Å². The summed E-state index contributed by atoms with van der Waals surface area (Å²) in [4.78, 5) is 11.9. The monoisotopic (exact) mass is 387 g/mol. The van der Waals surface area contributed by atoms with Crippen LogP contribution in [0.15, 0.2) is 35.9 Å². The minimum Gasteiger partial charge on any atom is -0.487 e. The molecule has 0 saturated heterocycles. The number of hydrogen-bond donors (Lipinski definition) is 0. The Balaban J connectivity index is 2.31. The molecule has 0 atom stereocenters. The Bertz CT molecular complexity index is 932. The van der Waals surface area contributed by atoms with Gasteiger partial charge >= 0.3 is 5.97 Å². The molecule has 0 unspecified atom stereocenters. The molecule has 2 aromatic rings. The Morgan fingerprint density at radius 3 is 2.67 bits per heavy atom. The lowest BCUT2D eigenvalue weighted by atomic mass is 9.98. The number of halogens is 2. The van der Waals surface area contributed by atoms with Gasteiger partial charge < -0.3 is 9.47 Å². The van der Waals surface area contributed by atoms with Crippen LogP contribution in [0.2, 0.25) is 5.02 Å². The highest BCUT2D eigenvalue weighted by molar-refractivity contribution is 6.32. The fourth-order valence-corrected chi connectivity index (χ4v) is 2.73. The molecule has 0 amide bonds. The van der Waals surface area contributed by atoms with Crippen LogP contribution in [0.1, 0.15) is 29.2 Å². The smallest absolute Gasteiger partial charge is 0.348 e. The highest BCUT2D eigenvalue weighted by Gasteiger charge is 2.13. The Morgan fingerprint density at radius 2 is 2.04 bits per heavy atom. The Kier molecular flexibility index (Phi) is 6.98. The third-order valence-corrected chi connectivity index (χ3v) is 4.19. The summed E-state index contributed by atoms with van der Waals surface area (Å²) < 4.78 is 23.8. The van der Waals surface area contributed by atoms with E-state index in [2.05, 4.69) is 0 Å². The zero-order chi connectivity index (χ0) is 20.0. The van der Waals surface area contributed by atoms with Crippen molar-refractivity contribution in [1.82, 2.24) is 0 Å². The largest absolute Gasteiger partial charge is 0.487 e. The van der Waals surface area contributed by atoms with Crippen LogP contribution in [0.3, 0.4) is 0 Å². The molecule has 27 heavy (non-hydrogen) atoms. The van der Waals surface area contributed by atoms with E-state index in [0.717, 1.165) is 22.3 Å². The normalized spacial score (nSPS) is 11.0. The van der Waals surface area contributed by atoms with Gasteiger partial charge in [0.25, 0.3) is 0 Å². The van der Waals surface area contributed by atoms with Gasteiger partial charge in [-0.25, -0.2) is 9.18 Å². The minimum absolute atomic E-state index is 0.0704. The molecule has 2 rings (SSSR count). The predicted octanol–water partition coefficient (Wildman–Crippen LogP) is 5.15. The zero-order valence-corrected chi connectivity index (χ0v) is 16.1. The van der Waals surface area contributed by atoms with Gasteiger partial charge in [-0.05, 0) is 61.7 Å². The van der Waals surface area contributed by atoms with Gasteiger partial charge in [-0.2, -0.15) is 5.26 Å². The lowest BCUT2D eigenvalue weighted by Gasteiger charge is -2.13. The van der Waals surface area contributed by atoms with Crippen molar-refractivity contribution in [3.63, 3.8) is 0 Å². The molecule has 0 N–H and O–H groups in total. The lowest BCUT2D eigenvalue weighted by Crippen LogP contribution is -2.07. The van der Waals surface area contributed by atoms with E-state index in [1.165, 1.54) is 24.3 Å². The number of benzene rings is 2. The maximum Gasteiger partial charge on any atom is 0.348 e. The van der Waals surface area contributed by atoms with Crippen LogP contribution in [0.4, 0.5) is 4.39 Å². The number of nitrogens with zero attached hydrogens (tertiary/aromatic N) is 1. The first kappa shape index (κ1) is 20.5. The molecule has 0 saturated carbocycles. The molecule has 140 valence electrons. The summed E-state index contributed by atoms with van der Waals surface area (Å²) in [6, 6.07) is 9.63. The summed E-state index contributed by atoms with van der Waals surface area (Å²) in [6.07, 6.45) is 1.51. The number of carbonyl (C=O) groups is 1. The Morgan fingerprint density at radius 1 is 1.30 bits per heavy atom. The van der Waals surface area contributed by atoms with Crippen molar-refractivity contribution in [2.45, 2.75) is 27.4 Å². The first-order valence-electron chi connectivity index (χ1n) is 8.32. The van der Waals surface area contributed by atoms with E-state index in [0.29, 0.717) is 5.75 Å². The van der Waals surface area contributed by atoms with Crippen LogP contribution >= 0.6 is 11.6 Å². The predicted molar refractivity (Wildman–Crippen MR) is 102 cm³/mol. The van der Waals surface area contributed by atoms with Crippen LogP contribution in [0.5, 0.6) is 5.75 Å². The SMILES string of the molecule is CCOC(=O)C(C#N)=Cc1cc(C)cc(COc2ccc(F)cc2Cl)c1C. The van der Waals surface area contributed by atoms with E-state index >= 15 is 0 Å². The van der Waals surface area contributed by atoms with E-state index < -0.39 is 11.8 Å². The molecule has 0 aliphatic carbocycles. The van der Waals surface area contributed by atoms with E-state index in [9.17, 15) is 14.4 Å². The fraction of sp³-hybridized carbons (Fsp3) is 0.238. The first-order valence-corrected chi connectivity index (χ1v) is 8.70. The van der Waals surface area contributed by atoms with Gasteiger partial charge in [0.05, 0.1) is 11.6 Å². The third-order valence-electron chi connectivity index (χ3n) is 3.89. The molecule has 6 heteroatoms. The average Bonchev–Trinajstić information content (AvgIpc) is 2.62. The highest BCUT2D eigenvalue weighted by atomic mass is 35.5. The number of carbonyl (C=O) groups excluding carboxylic acids is 1. The number of ether oxygens (including phenoxy) is 2. The van der Waals surface area contributed by atoms with Crippen LogP contribution in [0, 0.1) is 31.0 Å². The molecule has 0 radical (unpaired) electrons. The second kappa shape index (κ2) is 9.20. The molecule has 4 nitrogen and oxygen atoms in total. The molecule has 0 heterocycles. The van der Waals surface area contributed by atoms with Crippen molar-refractivity contribution in [1.29, 1.82) is 5.26 Å². The molecule has 0 aliphatic heterocycles. The van der Waals surface area contributed by atoms with Crippen molar-refractivity contribution in [3.05, 3.63) is 69.0 Å². The van der Waals surface area contributed by atoms with Crippen LogP contribution < -0.4 is 4.74 Å². The van der Waals surface area contributed by atoms with Crippen LogP contribution in [-0.4, -0.2) is 12.6 Å². The number of aryl methyl sites for hydroxylation is 1. The number of esters is 1. The standard InChI is InChI=1S/C21H19ClFNO3/c1-4-26-21(25)16(11-24)9-15-7-13(2)8-17(14(15)3)12-27-20-6-5-18(23)10-19(20)22/h5-10H,4,12H2,1-3H3. The van der Waals surface area contributed by atoms with Gasteiger partial charge in [-0.1, -0.05) is 29.3 Å². The van der Waals surface area contributed by atoms with Crippen LogP contribution in [0.25, 0.3) is 6.08 Å². The summed E-state index contributed by atoms with van der Waals surface area (Å²) in [5.74, 6) is -0.716. The van der Waals surface area contributed by atoms with Crippen molar-refractivity contribution in [2.24, 2.45) is 0 Å². The molecular weight excluding hydrogens is 369 g/mol. The summed E-state index contributed by atoms with van der Waals surface area (Å²) >= 11 is 5.99. The van der Waals surface area contributed by atoms with Crippen LogP contribution in [-0.2, 0) is 16.1 Å². The van der Waals surface area contributed by atoms with Gasteiger partial charge in [-0.15, -0.1) is 0 Å². The molecule has 0 aliphatic rings. The molecule has 2 aromatic carbocycles. The second-order valence-electron chi connectivity index (χ2n) is 5.89. The fourth-order valence-electron chi connectivity index (χ4n) is 2.51. The average molecular weight is 388 g/mol. The number of hydrogen-bond acceptors (Lipinski definition) is 4. The van der Waals surface area contributed by atoms with Crippen molar-refractivity contribution < 1.29 is 18.7 Å². The van der Waals surface area contributed by atoms with E-state index in [-0.39, 0.29) is 23.8 Å². The number of nitriles is 1. The number of rotatable bonds is 6. The topological polar surface area (TPSA) is 59.3 Å². The summed E-state index contributed by atoms with van der Waals surface area (Å²) in [5.41, 5.74) is 3.32. The molecule has 0 bridgehead atoms. The van der Waals surface area contributed by atoms with E-state index in [1.807, 2.05) is 32.0 Å². The third kappa shape index (κ3) is 5.32. The lowest BCUT2D eigenvalue weighted by molar-refractivity contribution is -0.137. The van der Waals surface area contributed by atoms with Crippen molar-refractivity contribution >= 4 is 23.6 Å². The minimum atomic E-state index is -0.656.